The van der Waals surface area contributed by atoms with Crippen molar-refractivity contribution < 1.29 is 0 Å². The molecule has 1 aromatic rings. The summed E-state index contributed by atoms with van der Waals surface area (Å²) in [6, 6.07) is 12.3. The largest absolute Gasteiger partial charge is 0.311 e. The Morgan fingerprint density at radius 1 is 1.15 bits per heavy atom. The maximum absolute atomic E-state index is 3.86. The first kappa shape index (κ1) is 15.5. The van der Waals surface area contributed by atoms with Gasteiger partial charge in [-0.1, -0.05) is 50.6 Å². The van der Waals surface area contributed by atoms with Gasteiger partial charge in [-0.2, -0.15) is 0 Å². The normalized spacial score (nSPS) is 19.1. The standard InChI is InChI=1S/C18H30N2/c1-3-8-17(4-2)19-18-11-13-20(14-12-18)15-16-9-6-5-7-10-16/h5-7,9-10,17-19H,3-4,8,11-15H2,1-2H3. The first-order valence-electron chi connectivity index (χ1n) is 8.34. The zero-order valence-electron chi connectivity index (χ0n) is 13.1. The Kier molecular flexibility index (Phi) is 6.55. The van der Waals surface area contributed by atoms with Gasteiger partial charge in [-0.3, -0.25) is 4.90 Å². The second kappa shape index (κ2) is 8.43. The molecule has 0 amide bonds. The molecule has 1 N–H and O–H groups in total. The van der Waals surface area contributed by atoms with Crippen molar-refractivity contribution in [3.05, 3.63) is 35.9 Å². The van der Waals surface area contributed by atoms with Crippen LogP contribution in [0.25, 0.3) is 0 Å². The van der Waals surface area contributed by atoms with E-state index in [1.54, 1.807) is 0 Å². The van der Waals surface area contributed by atoms with E-state index in [0.717, 1.165) is 18.6 Å². The Balaban J connectivity index is 1.72. The molecule has 0 aliphatic carbocycles. The van der Waals surface area contributed by atoms with Crippen molar-refractivity contribution in [1.82, 2.24) is 10.2 Å². The van der Waals surface area contributed by atoms with Crippen LogP contribution in [0.3, 0.4) is 0 Å². The van der Waals surface area contributed by atoms with Crippen LogP contribution in [0.15, 0.2) is 30.3 Å². The van der Waals surface area contributed by atoms with E-state index in [0.29, 0.717) is 0 Å². The lowest BCUT2D eigenvalue weighted by Crippen LogP contribution is -2.45. The third-order valence-corrected chi connectivity index (χ3v) is 4.44. The van der Waals surface area contributed by atoms with Crippen molar-refractivity contribution in [3.8, 4) is 0 Å². The van der Waals surface area contributed by atoms with Crippen molar-refractivity contribution in [2.75, 3.05) is 13.1 Å². The van der Waals surface area contributed by atoms with E-state index >= 15 is 0 Å². The fourth-order valence-electron chi connectivity index (χ4n) is 3.19. The lowest BCUT2D eigenvalue weighted by Gasteiger charge is -2.34. The molecule has 0 bridgehead atoms. The number of rotatable bonds is 7. The monoisotopic (exact) mass is 274 g/mol. The number of piperidine rings is 1. The summed E-state index contributed by atoms with van der Waals surface area (Å²) in [5.41, 5.74) is 1.44. The summed E-state index contributed by atoms with van der Waals surface area (Å²) in [7, 11) is 0. The van der Waals surface area contributed by atoms with E-state index in [2.05, 4.69) is 54.4 Å². The highest BCUT2D eigenvalue weighted by Gasteiger charge is 2.20. The van der Waals surface area contributed by atoms with Gasteiger partial charge in [-0.15, -0.1) is 0 Å². The second-order valence-corrected chi connectivity index (χ2v) is 6.10. The highest BCUT2D eigenvalue weighted by molar-refractivity contribution is 5.14. The smallest absolute Gasteiger partial charge is 0.0233 e. The Morgan fingerprint density at radius 3 is 2.45 bits per heavy atom. The van der Waals surface area contributed by atoms with Crippen LogP contribution in [0.5, 0.6) is 0 Å². The van der Waals surface area contributed by atoms with Crippen molar-refractivity contribution in [3.63, 3.8) is 0 Å². The predicted molar refractivity (Wildman–Crippen MR) is 86.9 cm³/mol. The number of nitrogens with one attached hydrogen (secondary N) is 1. The SMILES string of the molecule is CCCC(CC)NC1CCN(Cc2ccccc2)CC1. The molecule has 1 atom stereocenters. The molecule has 1 heterocycles. The van der Waals surface area contributed by atoms with Gasteiger partial charge in [0.05, 0.1) is 0 Å². The quantitative estimate of drug-likeness (QED) is 0.813. The van der Waals surface area contributed by atoms with Crippen LogP contribution in [0, 0.1) is 0 Å². The number of benzene rings is 1. The van der Waals surface area contributed by atoms with E-state index in [4.69, 9.17) is 0 Å². The van der Waals surface area contributed by atoms with E-state index < -0.39 is 0 Å². The Labute approximate surface area is 124 Å². The molecule has 1 fully saturated rings. The summed E-state index contributed by atoms with van der Waals surface area (Å²) in [4.78, 5) is 2.59. The maximum Gasteiger partial charge on any atom is 0.0233 e. The lowest BCUT2D eigenvalue weighted by molar-refractivity contribution is 0.182. The zero-order valence-corrected chi connectivity index (χ0v) is 13.1. The molecule has 0 radical (unpaired) electrons. The molecule has 2 rings (SSSR count). The van der Waals surface area contributed by atoms with Crippen LogP contribution in [0.4, 0.5) is 0 Å². The summed E-state index contributed by atoms with van der Waals surface area (Å²) in [6.07, 6.45) is 6.47. The topological polar surface area (TPSA) is 15.3 Å². The van der Waals surface area contributed by atoms with Gasteiger partial charge in [0, 0.05) is 18.6 Å². The molecule has 0 saturated carbocycles. The zero-order chi connectivity index (χ0) is 14.2. The third-order valence-electron chi connectivity index (χ3n) is 4.44. The number of hydrogen-bond donors (Lipinski definition) is 1. The molecule has 2 heteroatoms. The summed E-state index contributed by atoms with van der Waals surface area (Å²) in [5, 5.41) is 3.86. The average molecular weight is 274 g/mol. The van der Waals surface area contributed by atoms with Crippen molar-refractivity contribution in [1.29, 1.82) is 0 Å². The minimum atomic E-state index is 0.727. The second-order valence-electron chi connectivity index (χ2n) is 6.10. The Morgan fingerprint density at radius 2 is 1.85 bits per heavy atom. The van der Waals surface area contributed by atoms with Gasteiger partial charge in [-0.05, 0) is 44.3 Å². The van der Waals surface area contributed by atoms with Crippen molar-refractivity contribution >= 4 is 0 Å². The van der Waals surface area contributed by atoms with Crippen LogP contribution >= 0.6 is 0 Å². The summed E-state index contributed by atoms with van der Waals surface area (Å²) < 4.78 is 0. The molecule has 1 aliphatic rings. The average Bonchev–Trinajstić information content (AvgIpc) is 2.50. The predicted octanol–water partition coefficient (Wildman–Crippen LogP) is 3.82. The molecule has 20 heavy (non-hydrogen) atoms. The Hall–Kier alpha value is -0.860. The molecule has 1 unspecified atom stereocenters. The highest BCUT2D eigenvalue weighted by atomic mass is 15.1. The molecular weight excluding hydrogens is 244 g/mol. The van der Waals surface area contributed by atoms with Gasteiger partial charge in [0.25, 0.3) is 0 Å². The van der Waals surface area contributed by atoms with Gasteiger partial charge >= 0.3 is 0 Å². The van der Waals surface area contributed by atoms with E-state index in [1.807, 2.05) is 0 Å². The fraction of sp³-hybridized carbons (Fsp3) is 0.667. The van der Waals surface area contributed by atoms with Gasteiger partial charge < -0.3 is 5.32 Å². The fourth-order valence-corrected chi connectivity index (χ4v) is 3.19. The van der Waals surface area contributed by atoms with E-state index in [-0.39, 0.29) is 0 Å². The summed E-state index contributed by atoms with van der Waals surface area (Å²) in [6.45, 7) is 8.16. The molecule has 0 spiro atoms. The number of likely N-dealkylation sites (tertiary alicyclic amines) is 1. The molecule has 0 aromatic heterocycles. The molecule has 1 saturated heterocycles. The van der Waals surface area contributed by atoms with E-state index in [1.165, 1.54) is 50.8 Å². The summed E-state index contributed by atoms with van der Waals surface area (Å²) in [5.74, 6) is 0. The molecule has 2 nitrogen and oxygen atoms in total. The van der Waals surface area contributed by atoms with Crippen LogP contribution < -0.4 is 5.32 Å². The molecule has 1 aromatic carbocycles. The molecule has 1 aliphatic heterocycles. The van der Waals surface area contributed by atoms with Crippen LogP contribution in [0.2, 0.25) is 0 Å². The first-order chi connectivity index (χ1) is 9.81. The minimum absolute atomic E-state index is 0.727. The molecular formula is C18H30N2. The van der Waals surface area contributed by atoms with Crippen molar-refractivity contribution in [2.45, 2.75) is 64.6 Å². The van der Waals surface area contributed by atoms with E-state index in [9.17, 15) is 0 Å². The van der Waals surface area contributed by atoms with Gasteiger partial charge in [-0.25, -0.2) is 0 Å². The van der Waals surface area contributed by atoms with Crippen LogP contribution in [-0.4, -0.2) is 30.1 Å². The van der Waals surface area contributed by atoms with Gasteiger partial charge in [0.2, 0.25) is 0 Å². The van der Waals surface area contributed by atoms with Gasteiger partial charge in [0.15, 0.2) is 0 Å². The Bertz CT molecular complexity index is 355. The number of nitrogens with zero attached hydrogens (tertiary/aromatic N) is 1. The van der Waals surface area contributed by atoms with Gasteiger partial charge in [0.1, 0.15) is 0 Å². The van der Waals surface area contributed by atoms with Crippen LogP contribution in [0.1, 0.15) is 51.5 Å². The van der Waals surface area contributed by atoms with Crippen molar-refractivity contribution in [2.24, 2.45) is 0 Å². The lowest BCUT2D eigenvalue weighted by atomic mass is 10.0. The molecule has 112 valence electrons. The first-order valence-corrected chi connectivity index (χ1v) is 8.34. The highest BCUT2D eigenvalue weighted by Crippen LogP contribution is 2.15. The number of hydrogen-bond acceptors (Lipinski definition) is 2. The van der Waals surface area contributed by atoms with Crippen LogP contribution in [-0.2, 0) is 6.54 Å². The third kappa shape index (κ3) is 4.92. The summed E-state index contributed by atoms with van der Waals surface area (Å²) >= 11 is 0. The minimum Gasteiger partial charge on any atom is -0.311 e. The maximum atomic E-state index is 3.86.